The van der Waals surface area contributed by atoms with Gasteiger partial charge >= 0.3 is 0 Å². The number of hydrogen-bond acceptors (Lipinski definition) is 7. The highest BCUT2D eigenvalue weighted by atomic mass is 16.5. The van der Waals surface area contributed by atoms with Gasteiger partial charge in [-0.1, -0.05) is 12.1 Å². The topological polar surface area (TPSA) is 60.0 Å². The van der Waals surface area contributed by atoms with Crippen molar-refractivity contribution in [3.8, 4) is 17.4 Å². The number of hydrogen-bond donors (Lipinski definition) is 0. The van der Waals surface area contributed by atoms with Gasteiger partial charge in [-0.3, -0.25) is 4.90 Å². The van der Waals surface area contributed by atoms with Crippen LogP contribution in [0.25, 0.3) is 0 Å². The maximum absolute atomic E-state index is 5.90. The van der Waals surface area contributed by atoms with Crippen LogP contribution >= 0.6 is 0 Å². The fraction of sp³-hybridized carbons (Fsp3) is 0.500. The molecule has 7 nitrogen and oxygen atoms in total. The highest BCUT2D eigenvalue weighted by Gasteiger charge is 2.17. The van der Waals surface area contributed by atoms with E-state index < -0.39 is 0 Å². The second kappa shape index (κ2) is 9.97. The van der Waals surface area contributed by atoms with Crippen molar-refractivity contribution in [1.29, 1.82) is 0 Å². The van der Waals surface area contributed by atoms with Gasteiger partial charge in [-0.15, -0.1) is 0 Å². The van der Waals surface area contributed by atoms with Crippen molar-refractivity contribution in [2.24, 2.45) is 0 Å². The number of nitrogens with zero attached hydrogens (tertiary/aromatic N) is 4. The summed E-state index contributed by atoms with van der Waals surface area (Å²) in [5.41, 5.74) is 0. The van der Waals surface area contributed by atoms with E-state index in [0.29, 0.717) is 19.1 Å². The zero-order valence-electron chi connectivity index (χ0n) is 16.1. The average molecular weight is 372 g/mol. The largest absolute Gasteiger partial charge is 0.493 e. The van der Waals surface area contributed by atoms with Crippen molar-refractivity contribution < 1.29 is 14.2 Å². The fourth-order valence-corrected chi connectivity index (χ4v) is 3.13. The molecule has 1 aromatic heterocycles. The lowest BCUT2D eigenvalue weighted by Crippen LogP contribution is -2.34. The number of para-hydroxylation sites is 2. The van der Waals surface area contributed by atoms with E-state index in [1.54, 1.807) is 19.4 Å². The molecule has 0 radical (unpaired) electrons. The van der Waals surface area contributed by atoms with Crippen molar-refractivity contribution in [3.63, 3.8) is 0 Å². The van der Waals surface area contributed by atoms with E-state index in [4.69, 9.17) is 14.2 Å². The third-order valence-corrected chi connectivity index (χ3v) is 4.52. The molecule has 1 aliphatic rings. The fourth-order valence-electron chi connectivity index (χ4n) is 3.13. The number of ether oxygens (including phenoxy) is 3. The van der Waals surface area contributed by atoms with E-state index in [1.165, 1.54) is 0 Å². The minimum atomic E-state index is 0.608. The zero-order valence-corrected chi connectivity index (χ0v) is 16.1. The van der Waals surface area contributed by atoms with Gasteiger partial charge in [0.1, 0.15) is 6.61 Å². The SMILES string of the molecule is CCOc1ccnc(N2CCCN(CCOc3ccccc3OC)CC2)n1. The van der Waals surface area contributed by atoms with Gasteiger partial charge in [0, 0.05) is 45.0 Å². The van der Waals surface area contributed by atoms with Crippen LogP contribution in [0.1, 0.15) is 13.3 Å². The Morgan fingerprint density at radius 2 is 1.85 bits per heavy atom. The van der Waals surface area contributed by atoms with E-state index in [-0.39, 0.29) is 0 Å². The first-order valence-corrected chi connectivity index (χ1v) is 9.49. The maximum Gasteiger partial charge on any atom is 0.228 e. The van der Waals surface area contributed by atoms with Crippen molar-refractivity contribution in [3.05, 3.63) is 36.5 Å². The van der Waals surface area contributed by atoms with Gasteiger partial charge in [-0.2, -0.15) is 4.98 Å². The van der Waals surface area contributed by atoms with Crippen LogP contribution in [0.3, 0.4) is 0 Å². The summed E-state index contributed by atoms with van der Waals surface area (Å²) in [5, 5.41) is 0. The second-order valence-electron chi connectivity index (χ2n) is 6.31. The van der Waals surface area contributed by atoms with Crippen LogP contribution in [0.15, 0.2) is 36.5 Å². The van der Waals surface area contributed by atoms with Crippen molar-refractivity contribution in [2.75, 3.05) is 57.9 Å². The molecule has 0 atom stereocenters. The van der Waals surface area contributed by atoms with Gasteiger partial charge < -0.3 is 19.1 Å². The molecule has 2 heterocycles. The molecule has 0 aliphatic carbocycles. The highest BCUT2D eigenvalue weighted by molar-refractivity contribution is 5.39. The molecule has 2 aromatic rings. The van der Waals surface area contributed by atoms with Gasteiger partial charge in [0.15, 0.2) is 11.5 Å². The van der Waals surface area contributed by atoms with Crippen LogP contribution in [0.4, 0.5) is 5.95 Å². The molecule has 27 heavy (non-hydrogen) atoms. The normalized spacial score (nSPS) is 15.3. The molecular weight excluding hydrogens is 344 g/mol. The number of aromatic nitrogens is 2. The van der Waals surface area contributed by atoms with Gasteiger partial charge in [0.05, 0.1) is 13.7 Å². The summed E-state index contributed by atoms with van der Waals surface area (Å²) in [4.78, 5) is 13.6. The summed E-state index contributed by atoms with van der Waals surface area (Å²) in [6.45, 7) is 7.91. The van der Waals surface area contributed by atoms with Gasteiger partial charge in [-0.05, 0) is 25.5 Å². The minimum Gasteiger partial charge on any atom is -0.493 e. The van der Waals surface area contributed by atoms with E-state index in [0.717, 1.165) is 56.6 Å². The number of rotatable bonds is 8. The summed E-state index contributed by atoms with van der Waals surface area (Å²) < 4.78 is 16.7. The summed E-state index contributed by atoms with van der Waals surface area (Å²) in [6, 6.07) is 9.54. The molecule has 0 spiro atoms. The molecule has 146 valence electrons. The predicted octanol–water partition coefficient (Wildman–Crippen LogP) is 2.48. The monoisotopic (exact) mass is 372 g/mol. The summed E-state index contributed by atoms with van der Waals surface area (Å²) >= 11 is 0. The third kappa shape index (κ3) is 5.47. The Labute approximate surface area is 160 Å². The quantitative estimate of drug-likeness (QED) is 0.705. The Hall–Kier alpha value is -2.54. The first-order chi connectivity index (χ1) is 13.3. The van der Waals surface area contributed by atoms with Crippen molar-refractivity contribution in [2.45, 2.75) is 13.3 Å². The molecule has 1 fully saturated rings. The van der Waals surface area contributed by atoms with E-state index in [1.807, 2.05) is 31.2 Å². The standard InChI is InChI=1S/C20H28N4O3/c1-3-26-19-9-10-21-20(22-19)24-12-6-11-23(13-14-24)15-16-27-18-8-5-4-7-17(18)25-2/h4-5,7-10H,3,6,11-16H2,1-2H3. The van der Waals surface area contributed by atoms with Crippen molar-refractivity contribution in [1.82, 2.24) is 14.9 Å². The van der Waals surface area contributed by atoms with E-state index >= 15 is 0 Å². The molecule has 0 N–H and O–H groups in total. The zero-order chi connectivity index (χ0) is 18.9. The lowest BCUT2D eigenvalue weighted by Gasteiger charge is -2.22. The van der Waals surface area contributed by atoms with Crippen LogP contribution in [0.5, 0.6) is 17.4 Å². The number of anilines is 1. The average Bonchev–Trinajstić information content (AvgIpc) is 2.95. The van der Waals surface area contributed by atoms with Gasteiger partial charge in [0.2, 0.25) is 11.8 Å². The maximum atomic E-state index is 5.90. The Morgan fingerprint density at radius 3 is 2.67 bits per heavy atom. The first-order valence-electron chi connectivity index (χ1n) is 9.49. The van der Waals surface area contributed by atoms with Crippen LogP contribution < -0.4 is 19.1 Å². The second-order valence-corrected chi connectivity index (χ2v) is 6.31. The van der Waals surface area contributed by atoms with Crippen LogP contribution in [-0.4, -0.2) is 67.9 Å². The van der Waals surface area contributed by atoms with E-state index in [9.17, 15) is 0 Å². The Kier molecular flexibility index (Phi) is 7.10. The van der Waals surface area contributed by atoms with Gasteiger partial charge in [-0.25, -0.2) is 4.98 Å². The number of benzene rings is 1. The lowest BCUT2D eigenvalue weighted by molar-refractivity contribution is 0.213. The van der Waals surface area contributed by atoms with E-state index in [2.05, 4.69) is 19.8 Å². The molecule has 0 bridgehead atoms. The summed E-state index contributed by atoms with van der Waals surface area (Å²) in [6.07, 6.45) is 2.83. The smallest absolute Gasteiger partial charge is 0.228 e. The molecule has 1 aliphatic heterocycles. The number of methoxy groups -OCH3 is 1. The third-order valence-electron chi connectivity index (χ3n) is 4.52. The van der Waals surface area contributed by atoms with Crippen LogP contribution in [-0.2, 0) is 0 Å². The molecule has 1 aromatic carbocycles. The Bertz CT molecular complexity index is 713. The summed E-state index contributed by atoms with van der Waals surface area (Å²) in [7, 11) is 1.66. The molecule has 1 saturated heterocycles. The minimum absolute atomic E-state index is 0.608. The molecule has 7 heteroatoms. The van der Waals surface area contributed by atoms with Gasteiger partial charge in [0.25, 0.3) is 0 Å². The molecular formula is C20H28N4O3. The highest BCUT2D eigenvalue weighted by Crippen LogP contribution is 2.25. The van der Waals surface area contributed by atoms with Crippen molar-refractivity contribution >= 4 is 5.95 Å². The van der Waals surface area contributed by atoms with Crippen LogP contribution in [0.2, 0.25) is 0 Å². The lowest BCUT2D eigenvalue weighted by atomic mass is 10.3. The molecule has 0 saturated carbocycles. The molecule has 0 unspecified atom stereocenters. The Morgan fingerprint density at radius 1 is 1.00 bits per heavy atom. The predicted molar refractivity (Wildman–Crippen MR) is 105 cm³/mol. The molecule has 3 rings (SSSR count). The molecule has 0 amide bonds. The first kappa shape index (κ1) is 19.2. The van der Waals surface area contributed by atoms with Crippen LogP contribution in [0, 0.1) is 0 Å². The Balaban J connectivity index is 1.49. The summed E-state index contributed by atoms with van der Waals surface area (Å²) in [5.74, 6) is 2.94.